The lowest BCUT2D eigenvalue weighted by Crippen LogP contribution is -2.45. The Bertz CT molecular complexity index is 720. The first-order valence-corrected chi connectivity index (χ1v) is 7.43. The van der Waals surface area contributed by atoms with Crippen LogP contribution >= 0.6 is 0 Å². The number of nitrogens with zero attached hydrogens (tertiary/aromatic N) is 1. The first-order chi connectivity index (χ1) is 12.3. The van der Waals surface area contributed by atoms with E-state index in [1.807, 2.05) is 5.32 Å². The molecule has 148 valence electrons. The van der Waals surface area contributed by atoms with Crippen molar-refractivity contribution in [3.8, 4) is 6.07 Å². The third-order valence-corrected chi connectivity index (χ3v) is 3.58. The minimum Gasteiger partial charge on any atom is -0.480 e. The van der Waals surface area contributed by atoms with Gasteiger partial charge in [0.15, 0.2) is 0 Å². The number of carboxylic acid groups (broad SMARTS) is 1. The molecule has 0 saturated carbocycles. The van der Waals surface area contributed by atoms with Crippen LogP contribution in [-0.4, -0.2) is 23.0 Å². The summed E-state index contributed by atoms with van der Waals surface area (Å²) in [5.74, 6) is -3.38. The Hall–Kier alpha value is -2.77. The van der Waals surface area contributed by atoms with E-state index in [2.05, 4.69) is 0 Å². The number of halogens is 6. The van der Waals surface area contributed by atoms with Gasteiger partial charge >= 0.3 is 18.3 Å². The third-order valence-electron chi connectivity index (χ3n) is 3.58. The van der Waals surface area contributed by atoms with Crippen LogP contribution in [0.15, 0.2) is 18.2 Å². The average Bonchev–Trinajstić information content (AvgIpc) is 2.50. The standard InChI is InChI=1S/C16H14F6N2O3/c1-8(2-3-23)13(14(26)27)24-12(25)6-9-4-10(15(17,18)19)7-11(5-9)16(20,21)22/h4-5,7-8,13H,2,6H2,1H3,(H,24,25)(H,26,27)/t8-,13-/m1/s1. The minimum atomic E-state index is -5.06. The molecule has 0 bridgehead atoms. The number of carboxylic acids is 1. The molecule has 1 aromatic rings. The molecule has 0 aromatic heterocycles. The Morgan fingerprint density at radius 1 is 1.11 bits per heavy atom. The fourth-order valence-corrected chi connectivity index (χ4v) is 2.24. The number of nitriles is 1. The van der Waals surface area contributed by atoms with Crippen LogP contribution in [0.25, 0.3) is 0 Å². The topological polar surface area (TPSA) is 90.2 Å². The summed E-state index contributed by atoms with van der Waals surface area (Å²) in [6, 6.07) is 0.911. The monoisotopic (exact) mass is 396 g/mol. The molecule has 0 fully saturated rings. The van der Waals surface area contributed by atoms with Crippen molar-refractivity contribution in [2.45, 2.75) is 38.2 Å². The van der Waals surface area contributed by atoms with Crippen molar-refractivity contribution in [3.63, 3.8) is 0 Å². The third kappa shape index (κ3) is 6.47. The summed E-state index contributed by atoms with van der Waals surface area (Å²) >= 11 is 0. The normalized spacial score (nSPS) is 14.1. The highest BCUT2D eigenvalue weighted by Crippen LogP contribution is 2.36. The van der Waals surface area contributed by atoms with Crippen LogP contribution in [0.4, 0.5) is 26.3 Å². The Balaban J connectivity index is 3.11. The van der Waals surface area contributed by atoms with Crippen molar-refractivity contribution in [3.05, 3.63) is 34.9 Å². The van der Waals surface area contributed by atoms with Crippen LogP contribution in [0.1, 0.15) is 30.0 Å². The lowest BCUT2D eigenvalue weighted by atomic mass is 9.98. The Labute approximate surface area is 149 Å². The summed E-state index contributed by atoms with van der Waals surface area (Å²) in [5.41, 5.74) is -3.73. The molecule has 5 nitrogen and oxygen atoms in total. The predicted molar refractivity (Wildman–Crippen MR) is 79.1 cm³/mol. The highest BCUT2D eigenvalue weighted by molar-refractivity contribution is 5.85. The molecule has 2 atom stereocenters. The molecule has 1 rings (SSSR count). The van der Waals surface area contributed by atoms with Crippen molar-refractivity contribution in [2.75, 3.05) is 0 Å². The van der Waals surface area contributed by atoms with Crippen molar-refractivity contribution in [1.29, 1.82) is 5.26 Å². The molecule has 11 heteroatoms. The van der Waals surface area contributed by atoms with Gasteiger partial charge < -0.3 is 10.4 Å². The quantitative estimate of drug-likeness (QED) is 0.722. The second-order valence-electron chi connectivity index (χ2n) is 5.81. The zero-order chi connectivity index (χ0) is 21.0. The van der Waals surface area contributed by atoms with Crippen LogP contribution < -0.4 is 5.32 Å². The molecule has 27 heavy (non-hydrogen) atoms. The number of carbonyl (C=O) groups excluding carboxylic acids is 1. The molecule has 0 spiro atoms. The maximum absolute atomic E-state index is 12.8. The van der Waals surface area contributed by atoms with Crippen LogP contribution in [0.3, 0.4) is 0 Å². The van der Waals surface area contributed by atoms with Crippen molar-refractivity contribution in [1.82, 2.24) is 5.32 Å². The van der Waals surface area contributed by atoms with Gasteiger partial charge in [-0.3, -0.25) is 4.79 Å². The highest BCUT2D eigenvalue weighted by atomic mass is 19.4. The number of hydrogen-bond acceptors (Lipinski definition) is 3. The zero-order valence-electron chi connectivity index (χ0n) is 13.8. The first-order valence-electron chi connectivity index (χ1n) is 7.43. The van der Waals surface area contributed by atoms with E-state index in [9.17, 15) is 35.9 Å². The molecule has 2 N–H and O–H groups in total. The van der Waals surface area contributed by atoms with Gasteiger partial charge in [-0.15, -0.1) is 0 Å². The zero-order valence-corrected chi connectivity index (χ0v) is 13.8. The van der Waals surface area contributed by atoms with E-state index in [1.54, 1.807) is 6.07 Å². The van der Waals surface area contributed by atoms with Crippen molar-refractivity contribution < 1.29 is 41.0 Å². The van der Waals surface area contributed by atoms with Gasteiger partial charge in [0.2, 0.25) is 5.91 Å². The second-order valence-corrected chi connectivity index (χ2v) is 5.81. The molecule has 0 unspecified atom stereocenters. The number of benzene rings is 1. The van der Waals surface area contributed by atoms with E-state index in [0.29, 0.717) is 12.1 Å². The molecule has 1 aromatic carbocycles. The van der Waals surface area contributed by atoms with Gasteiger partial charge in [0.25, 0.3) is 0 Å². The minimum absolute atomic E-state index is 0.0730. The smallest absolute Gasteiger partial charge is 0.416 e. The summed E-state index contributed by atoms with van der Waals surface area (Å²) in [5, 5.41) is 19.7. The number of alkyl halides is 6. The molecule has 0 aliphatic heterocycles. The second kappa shape index (κ2) is 8.28. The molecular weight excluding hydrogens is 382 g/mol. The van der Waals surface area contributed by atoms with Gasteiger partial charge in [0, 0.05) is 12.3 Å². The van der Waals surface area contributed by atoms with Crippen LogP contribution in [0.5, 0.6) is 0 Å². The number of hydrogen-bond donors (Lipinski definition) is 2. The van der Waals surface area contributed by atoms with Gasteiger partial charge in [0.1, 0.15) is 6.04 Å². The predicted octanol–water partition coefficient (Wildman–Crippen LogP) is 3.39. The molecule has 0 radical (unpaired) electrons. The molecule has 0 aliphatic carbocycles. The highest BCUT2D eigenvalue weighted by Gasteiger charge is 2.37. The molecule has 0 aliphatic rings. The molecule has 1 amide bonds. The summed E-state index contributed by atoms with van der Waals surface area (Å²) in [6.07, 6.45) is -11.2. The van der Waals surface area contributed by atoms with E-state index in [0.717, 1.165) is 0 Å². The van der Waals surface area contributed by atoms with E-state index < -0.39 is 59.3 Å². The fourth-order valence-electron chi connectivity index (χ4n) is 2.24. The van der Waals surface area contributed by atoms with Crippen LogP contribution in [-0.2, 0) is 28.4 Å². The van der Waals surface area contributed by atoms with E-state index in [-0.39, 0.29) is 12.5 Å². The van der Waals surface area contributed by atoms with Gasteiger partial charge in [-0.1, -0.05) is 6.92 Å². The van der Waals surface area contributed by atoms with E-state index in [4.69, 9.17) is 10.4 Å². The van der Waals surface area contributed by atoms with Crippen LogP contribution in [0.2, 0.25) is 0 Å². The fraction of sp³-hybridized carbons (Fsp3) is 0.438. The Kier molecular flexibility index (Phi) is 6.83. The number of amides is 1. The lowest BCUT2D eigenvalue weighted by molar-refractivity contribution is -0.143. The molecule has 0 heterocycles. The SMILES string of the molecule is C[C@H](CC#N)[C@@H](NC(=O)Cc1cc(C(F)(F)F)cc(C(F)(F)F)c1)C(=O)O. The van der Waals surface area contributed by atoms with Crippen molar-refractivity contribution >= 4 is 11.9 Å². The Morgan fingerprint density at radius 3 is 1.96 bits per heavy atom. The number of nitrogens with one attached hydrogen (secondary N) is 1. The average molecular weight is 396 g/mol. The van der Waals surface area contributed by atoms with Crippen LogP contribution in [0, 0.1) is 17.2 Å². The Morgan fingerprint density at radius 2 is 1.59 bits per heavy atom. The number of aliphatic carboxylic acids is 1. The number of rotatable bonds is 6. The summed E-state index contributed by atoms with van der Waals surface area (Å²) in [6.45, 7) is 1.36. The number of carbonyl (C=O) groups is 2. The van der Waals surface area contributed by atoms with Gasteiger partial charge in [-0.2, -0.15) is 31.6 Å². The van der Waals surface area contributed by atoms with Gasteiger partial charge in [-0.05, 0) is 23.8 Å². The lowest BCUT2D eigenvalue weighted by Gasteiger charge is -2.20. The summed E-state index contributed by atoms with van der Waals surface area (Å²) < 4.78 is 76.8. The van der Waals surface area contributed by atoms with Gasteiger partial charge in [0.05, 0.1) is 23.6 Å². The van der Waals surface area contributed by atoms with Gasteiger partial charge in [-0.25, -0.2) is 4.79 Å². The largest absolute Gasteiger partial charge is 0.480 e. The summed E-state index contributed by atoms with van der Waals surface area (Å²) in [7, 11) is 0. The summed E-state index contributed by atoms with van der Waals surface area (Å²) in [4.78, 5) is 23.1. The maximum Gasteiger partial charge on any atom is 0.416 e. The first kappa shape index (κ1) is 22.3. The molecule has 0 saturated heterocycles. The van der Waals surface area contributed by atoms with Crippen molar-refractivity contribution in [2.24, 2.45) is 5.92 Å². The van der Waals surface area contributed by atoms with E-state index in [1.165, 1.54) is 6.92 Å². The molecular formula is C16H14F6N2O3. The maximum atomic E-state index is 12.8. The van der Waals surface area contributed by atoms with E-state index >= 15 is 0 Å².